The molecule has 4 atom stereocenters. The van der Waals surface area contributed by atoms with Crippen LogP contribution in [0.3, 0.4) is 0 Å². The molecule has 1 saturated carbocycles. The van der Waals surface area contributed by atoms with E-state index in [0.29, 0.717) is 19.6 Å². The average Bonchev–Trinajstić information content (AvgIpc) is 3.60. The monoisotopic (exact) mass is 511 g/mol. The van der Waals surface area contributed by atoms with Gasteiger partial charge in [0.25, 0.3) is 0 Å². The van der Waals surface area contributed by atoms with Crippen molar-refractivity contribution in [1.82, 2.24) is 4.90 Å². The van der Waals surface area contributed by atoms with Crippen LogP contribution >= 0.6 is 0 Å². The van der Waals surface area contributed by atoms with Gasteiger partial charge in [-0.05, 0) is 45.2 Å². The van der Waals surface area contributed by atoms with Gasteiger partial charge in [0.2, 0.25) is 0 Å². The van der Waals surface area contributed by atoms with Crippen LogP contribution in [0.4, 0.5) is 0 Å². The van der Waals surface area contributed by atoms with Gasteiger partial charge in [-0.2, -0.15) is 0 Å². The zero-order chi connectivity index (χ0) is 26.4. The SMILES string of the molecule is CCCCCCCCC1CC1CCCCCCCCOCC(COC(CCCCC)C(=O)O)N(C)C. The Morgan fingerprint density at radius 2 is 1.31 bits per heavy atom. The van der Waals surface area contributed by atoms with Crippen molar-refractivity contribution < 1.29 is 19.4 Å². The number of carbonyl (C=O) groups is 1. The van der Waals surface area contributed by atoms with Crippen LogP contribution < -0.4 is 0 Å². The minimum Gasteiger partial charge on any atom is -0.479 e. The molecule has 0 bridgehead atoms. The molecule has 1 aliphatic carbocycles. The number of rotatable bonds is 27. The summed E-state index contributed by atoms with van der Waals surface area (Å²) in [5.41, 5.74) is 0. The maximum Gasteiger partial charge on any atom is 0.332 e. The summed E-state index contributed by atoms with van der Waals surface area (Å²) in [7, 11) is 4.01. The van der Waals surface area contributed by atoms with Crippen LogP contribution in [0.1, 0.15) is 136 Å². The lowest BCUT2D eigenvalue weighted by atomic mass is 10.0. The third-order valence-electron chi connectivity index (χ3n) is 7.99. The van der Waals surface area contributed by atoms with Gasteiger partial charge in [0.15, 0.2) is 6.10 Å². The smallest absolute Gasteiger partial charge is 0.332 e. The first kappa shape index (κ1) is 33.4. The Balaban J connectivity index is 1.95. The third-order valence-corrected chi connectivity index (χ3v) is 7.99. The molecule has 5 nitrogen and oxygen atoms in total. The minimum absolute atomic E-state index is 0.0883. The van der Waals surface area contributed by atoms with Gasteiger partial charge >= 0.3 is 5.97 Å². The van der Waals surface area contributed by atoms with E-state index in [9.17, 15) is 9.90 Å². The van der Waals surface area contributed by atoms with E-state index in [2.05, 4.69) is 18.7 Å². The number of carboxylic acids is 1. The van der Waals surface area contributed by atoms with Gasteiger partial charge in [0.05, 0.1) is 19.3 Å². The van der Waals surface area contributed by atoms with E-state index < -0.39 is 12.1 Å². The summed E-state index contributed by atoms with van der Waals surface area (Å²) in [6.07, 6.45) is 23.8. The lowest BCUT2D eigenvalue weighted by Gasteiger charge is -2.25. The molecule has 4 unspecified atom stereocenters. The predicted octanol–water partition coefficient (Wildman–Crippen LogP) is 8.10. The molecule has 0 aromatic carbocycles. The van der Waals surface area contributed by atoms with Crippen molar-refractivity contribution in [2.24, 2.45) is 11.8 Å². The highest BCUT2D eigenvalue weighted by atomic mass is 16.5. The fourth-order valence-corrected chi connectivity index (χ4v) is 5.17. The van der Waals surface area contributed by atoms with E-state index in [1.807, 2.05) is 14.1 Å². The Morgan fingerprint density at radius 3 is 1.86 bits per heavy atom. The first-order valence-electron chi connectivity index (χ1n) is 15.6. The molecule has 0 aromatic heterocycles. The number of hydrogen-bond acceptors (Lipinski definition) is 4. The molecule has 1 aliphatic rings. The van der Waals surface area contributed by atoms with Crippen molar-refractivity contribution >= 4 is 5.97 Å². The quantitative estimate of drug-likeness (QED) is 0.113. The minimum atomic E-state index is -0.852. The summed E-state index contributed by atoms with van der Waals surface area (Å²) in [4.78, 5) is 13.5. The van der Waals surface area contributed by atoms with Crippen LogP contribution in [0.5, 0.6) is 0 Å². The van der Waals surface area contributed by atoms with E-state index in [4.69, 9.17) is 9.47 Å². The summed E-state index contributed by atoms with van der Waals surface area (Å²) >= 11 is 0. The van der Waals surface area contributed by atoms with Gasteiger partial charge in [0, 0.05) is 6.61 Å². The van der Waals surface area contributed by atoms with E-state index in [0.717, 1.165) is 44.1 Å². The Morgan fingerprint density at radius 1 is 0.778 bits per heavy atom. The fraction of sp³-hybridized carbons (Fsp3) is 0.968. The number of ether oxygens (including phenoxy) is 2. The second-order valence-electron chi connectivity index (χ2n) is 11.6. The molecule has 1 N–H and O–H groups in total. The molecule has 1 fully saturated rings. The second-order valence-corrected chi connectivity index (χ2v) is 11.6. The Kier molecular flexibility index (Phi) is 20.7. The average molecular weight is 512 g/mol. The molecule has 0 aromatic rings. The predicted molar refractivity (Wildman–Crippen MR) is 152 cm³/mol. The highest BCUT2D eigenvalue weighted by Gasteiger charge is 2.35. The Bertz CT molecular complexity index is 513. The number of unbranched alkanes of at least 4 members (excludes halogenated alkanes) is 12. The van der Waals surface area contributed by atoms with E-state index >= 15 is 0 Å². The van der Waals surface area contributed by atoms with Gasteiger partial charge in [0.1, 0.15) is 0 Å². The van der Waals surface area contributed by atoms with E-state index in [1.165, 1.54) is 89.9 Å². The van der Waals surface area contributed by atoms with Crippen LogP contribution in [-0.4, -0.2) is 62.0 Å². The lowest BCUT2D eigenvalue weighted by Crippen LogP contribution is -2.39. The number of hydrogen-bond donors (Lipinski definition) is 1. The van der Waals surface area contributed by atoms with Crippen LogP contribution in [0.25, 0.3) is 0 Å². The van der Waals surface area contributed by atoms with Gasteiger partial charge in [-0.3, -0.25) is 0 Å². The topological polar surface area (TPSA) is 59.0 Å². The largest absolute Gasteiger partial charge is 0.479 e. The zero-order valence-corrected chi connectivity index (χ0v) is 24.5. The number of nitrogens with zero attached hydrogens (tertiary/aromatic N) is 1. The van der Waals surface area contributed by atoms with Crippen molar-refractivity contribution in [1.29, 1.82) is 0 Å². The summed E-state index contributed by atoms with van der Waals surface area (Å²) in [6.45, 7) is 6.19. The first-order chi connectivity index (χ1) is 17.5. The van der Waals surface area contributed by atoms with Gasteiger partial charge in [-0.1, -0.05) is 117 Å². The highest BCUT2D eigenvalue weighted by molar-refractivity contribution is 5.72. The van der Waals surface area contributed by atoms with Crippen LogP contribution in [-0.2, 0) is 14.3 Å². The number of aliphatic carboxylic acids is 1. The van der Waals surface area contributed by atoms with Crippen molar-refractivity contribution in [2.75, 3.05) is 33.9 Å². The molecule has 36 heavy (non-hydrogen) atoms. The summed E-state index contributed by atoms with van der Waals surface area (Å²) in [5, 5.41) is 9.41. The first-order valence-corrected chi connectivity index (χ1v) is 15.6. The van der Waals surface area contributed by atoms with Crippen LogP contribution in [0, 0.1) is 11.8 Å². The zero-order valence-electron chi connectivity index (χ0n) is 24.5. The van der Waals surface area contributed by atoms with Crippen molar-refractivity contribution in [3.05, 3.63) is 0 Å². The van der Waals surface area contributed by atoms with Gasteiger partial charge in [-0.15, -0.1) is 0 Å². The molecule has 0 heterocycles. The molecule has 0 spiro atoms. The number of likely N-dealkylation sites (N-methyl/N-ethyl adjacent to an activating group) is 1. The van der Waals surface area contributed by atoms with Crippen molar-refractivity contribution in [2.45, 2.75) is 148 Å². The van der Waals surface area contributed by atoms with Crippen molar-refractivity contribution in [3.8, 4) is 0 Å². The van der Waals surface area contributed by atoms with Crippen molar-refractivity contribution in [3.63, 3.8) is 0 Å². The standard InChI is InChI=1S/C31H61NO4/c1-5-7-9-10-13-17-20-27-24-28(27)21-18-14-11-12-15-19-23-35-25-29(32(3)4)26-36-30(31(33)34)22-16-8-6-2/h27-30H,5-26H2,1-4H3,(H,33,34). The Labute approximate surface area is 224 Å². The lowest BCUT2D eigenvalue weighted by molar-refractivity contribution is -0.152. The maximum absolute atomic E-state index is 11.5. The van der Waals surface area contributed by atoms with E-state index in [1.54, 1.807) is 0 Å². The highest BCUT2D eigenvalue weighted by Crippen LogP contribution is 2.45. The maximum atomic E-state index is 11.5. The van der Waals surface area contributed by atoms with Crippen LogP contribution in [0.2, 0.25) is 0 Å². The molecule has 214 valence electrons. The molecular formula is C31H61NO4. The summed E-state index contributed by atoms with van der Waals surface area (Å²) in [5.74, 6) is 1.28. The summed E-state index contributed by atoms with van der Waals surface area (Å²) < 4.78 is 11.7. The molecule has 0 radical (unpaired) electrons. The van der Waals surface area contributed by atoms with Gasteiger partial charge in [-0.25, -0.2) is 4.79 Å². The summed E-state index contributed by atoms with van der Waals surface area (Å²) in [6, 6.07) is 0.0883. The normalized spacial score (nSPS) is 19.0. The molecule has 5 heteroatoms. The Hall–Kier alpha value is -0.650. The fourth-order valence-electron chi connectivity index (χ4n) is 5.17. The molecule has 0 aliphatic heterocycles. The van der Waals surface area contributed by atoms with Gasteiger partial charge < -0.3 is 19.5 Å². The molecular weight excluding hydrogens is 450 g/mol. The van der Waals surface area contributed by atoms with Crippen LogP contribution in [0.15, 0.2) is 0 Å². The second kappa shape index (κ2) is 22.3. The van der Waals surface area contributed by atoms with E-state index in [-0.39, 0.29) is 6.04 Å². The molecule has 0 amide bonds. The molecule has 1 rings (SSSR count). The third kappa shape index (κ3) is 17.7. The number of carboxylic acid groups (broad SMARTS) is 1. The molecule has 0 saturated heterocycles.